The van der Waals surface area contributed by atoms with Crippen molar-refractivity contribution >= 4 is 29.0 Å². The molecule has 0 bridgehead atoms. The minimum atomic E-state index is -0.924. The van der Waals surface area contributed by atoms with Gasteiger partial charge < -0.3 is 10.4 Å². The summed E-state index contributed by atoms with van der Waals surface area (Å²) in [6.07, 6.45) is 1.90. The van der Waals surface area contributed by atoms with Crippen molar-refractivity contribution in [3.8, 4) is 10.7 Å². The van der Waals surface area contributed by atoms with E-state index in [1.54, 1.807) is 6.92 Å². The molecule has 2 heterocycles. The first-order valence-corrected chi connectivity index (χ1v) is 8.57. The summed E-state index contributed by atoms with van der Waals surface area (Å²) in [6, 6.07) is 3.80. The molecule has 9 heteroatoms. The fraction of sp³-hybridized carbons (Fsp3) is 0.500. The highest BCUT2D eigenvalue weighted by Gasteiger charge is 2.20. The molecule has 2 N–H and O–H groups in total. The van der Waals surface area contributed by atoms with E-state index < -0.39 is 5.60 Å². The molecule has 0 aliphatic heterocycles. The van der Waals surface area contributed by atoms with Crippen molar-refractivity contribution in [3.63, 3.8) is 0 Å². The second-order valence-electron chi connectivity index (χ2n) is 4.83. The van der Waals surface area contributed by atoms with Gasteiger partial charge in [-0.1, -0.05) is 6.07 Å². The van der Waals surface area contributed by atoms with Crippen LogP contribution in [0.1, 0.15) is 6.92 Å². The summed E-state index contributed by atoms with van der Waals surface area (Å²) in [5.41, 5.74) is -0.924. The van der Waals surface area contributed by atoms with Crippen molar-refractivity contribution in [2.24, 2.45) is 0 Å². The number of aromatic nitrogens is 4. The fourth-order valence-corrected chi connectivity index (χ4v) is 3.02. The van der Waals surface area contributed by atoms with Crippen LogP contribution in [0.25, 0.3) is 10.7 Å². The van der Waals surface area contributed by atoms with Crippen molar-refractivity contribution in [1.29, 1.82) is 0 Å². The topological polar surface area (TPSA) is 92.9 Å². The predicted octanol–water partition coefficient (Wildman–Crippen LogP) is 0.632. The van der Waals surface area contributed by atoms with Crippen LogP contribution in [0.15, 0.2) is 17.5 Å². The lowest BCUT2D eigenvalue weighted by Gasteiger charge is -2.22. The van der Waals surface area contributed by atoms with Crippen molar-refractivity contribution in [2.75, 3.05) is 18.6 Å². The monoisotopic (exact) mass is 327 g/mol. The number of thioether (sulfide) groups is 1. The SMILES string of the molecule is CSCC(C)(O)CNC(=O)Cn1nnc(-c2cccs2)n1. The normalized spacial score (nSPS) is 13.9. The zero-order valence-electron chi connectivity index (χ0n) is 11.8. The van der Waals surface area contributed by atoms with Gasteiger partial charge in [-0.05, 0) is 29.8 Å². The molecule has 0 aliphatic rings. The second-order valence-corrected chi connectivity index (χ2v) is 6.64. The van der Waals surface area contributed by atoms with Crippen molar-refractivity contribution < 1.29 is 9.90 Å². The summed E-state index contributed by atoms with van der Waals surface area (Å²) >= 11 is 3.04. The lowest BCUT2D eigenvalue weighted by molar-refractivity contribution is -0.123. The molecule has 0 aliphatic carbocycles. The van der Waals surface area contributed by atoms with Crippen molar-refractivity contribution in [2.45, 2.75) is 19.1 Å². The molecule has 0 saturated heterocycles. The molecule has 1 amide bonds. The van der Waals surface area contributed by atoms with Gasteiger partial charge in [0.05, 0.1) is 10.5 Å². The third-order valence-electron chi connectivity index (χ3n) is 2.60. The molecule has 2 aromatic heterocycles. The highest BCUT2D eigenvalue weighted by Crippen LogP contribution is 2.19. The number of amides is 1. The number of rotatable bonds is 7. The summed E-state index contributed by atoms with van der Waals surface area (Å²) in [5, 5.41) is 26.5. The Hall–Kier alpha value is -1.45. The third kappa shape index (κ3) is 4.80. The van der Waals surface area contributed by atoms with Gasteiger partial charge in [0.15, 0.2) is 0 Å². The van der Waals surface area contributed by atoms with Crippen LogP contribution >= 0.6 is 23.1 Å². The van der Waals surface area contributed by atoms with Gasteiger partial charge >= 0.3 is 0 Å². The predicted molar refractivity (Wildman–Crippen MR) is 83.1 cm³/mol. The summed E-state index contributed by atoms with van der Waals surface area (Å²) < 4.78 is 0. The number of nitrogens with zero attached hydrogens (tertiary/aromatic N) is 4. The van der Waals surface area contributed by atoms with Crippen molar-refractivity contribution in [3.05, 3.63) is 17.5 Å². The summed E-state index contributed by atoms with van der Waals surface area (Å²) in [7, 11) is 0. The quantitative estimate of drug-likeness (QED) is 0.775. The lowest BCUT2D eigenvalue weighted by atomic mass is 10.1. The van der Waals surface area contributed by atoms with Gasteiger partial charge in [0.25, 0.3) is 0 Å². The zero-order chi connectivity index (χ0) is 15.3. The van der Waals surface area contributed by atoms with Crippen LogP contribution in [0.4, 0.5) is 0 Å². The van der Waals surface area contributed by atoms with Crippen molar-refractivity contribution in [1.82, 2.24) is 25.5 Å². The molecule has 1 unspecified atom stereocenters. The minimum absolute atomic E-state index is 0.0201. The Balaban J connectivity index is 1.86. The largest absolute Gasteiger partial charge is 0.387 e. The molecule has 7 nitrogen and oxygen atoms in total. The maximum Gasteiger partial charge on any atom is 0.243 e. The molecule has 114 valence electrons. The van der Waals surface area contributed by atoms with E-state index in [0.717, 1.165) is 4.88 Å². The number of carbonyl (C=O) groups is 1. The van der Waals surface area contributed by atoms with Crippen LogP contribution < -0.4 is 5.32 Å². The molecular formula is C12H17N5O2S2. The van der Waals surface area contributed by atoms with E-state index in [1.807, 2.05) is 23.8 Å². The van der Waals surface area contributed by atoms with E-state index >= 15 is 0 Å². The van der Waals surface area contributed by atoms with Crippen LogP contribution in [-0.2, 0) is 11.3 Å². The van der Waals surface area contributed by atoms with E-state index in [0.29, 0.717) is 11.6 Å². The molecule has 1 atom stereocenters. The first-order valence-electron chi connectivity index (χ1n) is 6.30. The Morgan fingerprint density at radius 2 is 2.43 bits per heavy atom. The Labute approximate surface area is 130 Å². The average Bonchev–Trinajstić information content (AvgIpc) is 3.06. The van der Waals surface area contributed by atoms with Gasteiger partial charge in [-0.25, -0.2) is 0 Å². The second kappa shape index (κ2) is 7.01. The van der Waals surface area contributed by atoms with Gasteiger partial charge in [0.1, 0.15) is 6.54 Å². The van der Waals surface area contributed by atoms with Gasteiger partial charge in [-0.2, -0.15) is 16.6 Å². The summed E-state index contributed by atoms with van der Waals surface area (Å²) in [4.78, 5) is 14.0. The van der Waals surface area contributed by atoms with E-state index in [1.165, 1.54) is 27.9 Å². The molecule has 21 heavy (non-hydrogen) atoms. The molecule has 0 radical (unpaired) electrons. The maximum atomic E-state index is 11.8. The first-order chi connectivity index (χ1) is 10.00. The Bertz CT molecular complexity index is 582. The minimum Gasteiger partial charge on any atom is -0.387 e. The van der Waals surface area contributed by atoms with E-state index in [4.69, 9.17) is 0 Å². The van der Waals surface area contributed by atoms with Gasteiger partial charge in [-0.3, -0.25) is 4.79 Å². The van der Waals surface area contributed by atoms with E-state index in [-0.39, 0.29) is 19.0 Å². The highest BCUT2D eigenvalue weighted by atomic mass is 32.2. The van der Waals surface area contributed by atoms with E-state index in [9.17, 15) is 9.90 Å². The number of hydrogen-bond acceptors (Lipinski definition) is 7. The molecule has 0 aromatic carbocycles. The molecule has 2 aromatic rings. The number of thiophene rings is 1. The van der Waals surface area contributed by atoms with Crippen LogP contribution in [0.3, 0.4) is 0 Å². The average molecular weight is 327 g/mol. The number of aliphatic hydroxyl groups is 1. The summed E-state index contributed by atoms with van der Waals surface area (Å²) in [6.45, 7) is 1.86. The molecule has 0 spiro atoms. The smallest absolute Gasteiger partial charge is 0.243 e. The molecular weight excluding hydrogens is 310 g/mol. The van der Waals surface area contributed by atoms with Gasteiger partial charge in [-0.15, -0.1) is 21.5 Å². The molecule has 2 rings (SSSR count). The lowest BCUT2D eigenvalue weighted by Crippen LogP contribution is -2.43. The molecule has 0 fully saturated rings. The van der Waals surface area contributed by atoms with Crippen LogP contribution in [0, 0.1) is 0 Å². The zero-order valence-corrected chi connectivity index (χ0v) is 13.4. The number of tetrazole rings is 1. The standard InChI is InChI=1S/C12H17N5O2S2/c1-12(19,8-20-2)7-13-10(18)6-17-15-11(14-16-17)9-4-3-5-21-9/h3-5,19H,6-8H2,1-2H3,(H,13,18). The van der Waals surface area contributed by atoms with E-state index in [2.05, 4.69) is 20.7 Å². The number of nitrogens with one attached hydrogen (secondary N) is 1. The fourth-order valence-electron chi connectivity index (χ4n) is 1.65. The maximum absolute atomic E-state index is 11.8. The Morgan fingerprint density at radius 1 is 1.62 bits per heavy atom. The van der Waals surface area contributed by atoms with Crippen LogP contribution in [-0.4, -0.2) is 55.4 Å². The third-order valence-corrected chi connectivity index (χ3v) is 4.38. The molecule has 0 saturated carbocycles. The van der Waals surface area contributed by atoms with Crippen LogP contribution in [0.5, 0.6) is 0 Å². The Morgan fingerprint density at radius 3 is 3.10 bits per heavy atom. The number of hydrogen-bond donors (Lipinski definition) is 2. The first kappa shape index (κ1) is 15.9. The van der Waals surface area contributed by atoms with Gasteiger partial charge in [0, 0.05) is 12.3 Å². The van der Waals surface area contributed by atoms with Gasteiger partial charge in [0.2, 0.25) is 11.7 Å². The summed E-state index contributed by atoms with van der Waals surface area (Å²) in [5.74, 6) is 0.802. The number of carbonyl (C=O) groups excluding carboxylic acids is 1. The highest BCUT2D eigenvalue weighted by molar-refractivity contribution is 7.98. The van der Waals surface area contributed by atoms with Crippen LogP contribution in [0.2, 0.25) is 0 Å². The Kier molecular flexibility index (Phi) is 5.32.